The van der Waals surface area contributed by atoms with Gasteiger partial charge in [-0.15, -0.1) is 0 Å². The fourth-order valence-corrected chi connectivity index (χ4v) is 10.9. The minimum Gasteiger partial charge on any atom is -0.299 e. The van der Waals surface area contributed by atoms with Crippen LogP contribution in [0.3, 0.4) is 0 Å². The summed E-state index contributed by atoms with van der Waals surface area (Å²) in [5.41, 5.74) is 2.90. The number of hydrogen-bond acceptors (Lipinski definition) is 1. The van der Waals surface area contributed by atoms with E-state index in [9.17, 15) is 4.79 Å². The molecule has 0 saturated heterocycles. The second kappa shape index (κ2) is 7.84. The molecule has 0 heterocycles. The molecule has 4 aliphatic rings. The van der Waals surface area contributed by atoms with Crippen molar-refractivity contribution in [1.29, 1.82) is 0 Å². The standard InChI is InChI=1S/C29H47IO/c1-9-23(31)20(4)21-13-15-28(8)24(26(21,5)6)11-10-22-25-19(3)18(2)12-14-27(25,7)16-17-29(22,28)30/h10,18-21,24-25H,9,11-17H2,1-8H3/t18-,19+,20-,21?,24?,25?,27-,28-,29+/m1/s1. The summed E-state index contributed by atoms with van der Waals surface area (Å²) >= 11 is 2.96. The number of allylic oxidation sites excluding steroid dienone is 2. The summed E-state index contributed by atoms with van der Waals surface area (Å²) in [6, 6.07) is 0. The molecule has 9 atom stereocenters. The second-order valence-corrected chi connectivity index (χ2v) is 15.1. The summed E-state index contributed by atoms with van der Waals surface area (Å²) in [5.74, 6) is 4.27. The number of rotatable bonds is 3. The van der Waals surface area contributed by atoms with Gasteiger partial charge in [-0.05, 0) is 90.8 Å². The fraction of sp³-hybridized carbons (Fsp3) is 0.897. The van der Waals surface area contributed by atoms with Crippen LogP contribution in [0.5, 0.6) is 0 Å². The zero-order valence-electron chi connectivity index (χ0n) is 21.5. The van der Waals surface area contributed by atoms with Gasteiger partial charge in [0.1, 0.15) is 5.78 Å². The van der Waals surface area contributed by atoms with Gasteiger partial charge in [0, 0.05) is 15.8 Å². The highest BCUT2D eigenvalue weighted by atomic mass is 127. The van der Waals surface area contributed by atoms with Crippen molar-refractivity contribution < 1.29 is 4.79 Å². The van der Waals surface area contributed by atoms with Crippen LogP contribution in [-0.2, 0) is 4.79 Å². The maximum atomic E-state index is 12.7. The van der Waals surface area contributed by atoms with E-state index in [1.165, 1.54) is 44.9 Å². The van der Waals surface area contributed by atoms with Crippen molar-refractivity contribution in [1.82, 2.24) is 0 Å². The minimum atomic E-state index is 0.203. The molecule has 3 saturated carbocycles. The van der Waals surface area contributed by atoms with E-state index in [2.05, 4.69) is 77.1 Å². The number of halogens is 1. The average molecular weight is 539 g/mol. The molecule has 2 heteroatoms. The Balaban J connectivity index is 1.75. The summed E-state index contributed by atoms with van der Waals surface area (Å²) in [4.78, 5) is 12.7. The summed E-state index contributed by atoms with van der Waals surface area (Å²) in [7, 11) is 0. The van der Waals surface area contributed by atoms with Crippen LogP contribution in [0, 0.1) is 51.8 Å². The lowest BCUT2D eigenvalue weighted by Crippen LogP contribution is -2.63. The summed E-state index contributed by atoms with van der Waals surface area (Å²) in [5, 5.41) is 0. The van der Waals surface area contributed by atoms with Crippen LogP contribution < -0.4 is 0 Å². The van der Waals surface area contributed by atoms with Crippen LogP contribution in [0.2, 0.25) is 0 Å². The number of alkyl halides is 1. The largest absolute Gasteiger partial charge is 0.299 e. The molecule has 0 N–H and O–H groups in total. The lowest BCUT2D eigenvalue weighted by molar-refractivity contribution is -0.134. The van der Waals surface area contributed by atoms with Crippen LogP contribution in [0.25, 0.3) is 0 Å². The number of carbonyl (C=O) groups is 1. The highest BCUT2D eigenvalue weighted by molar-refractivity contribution is 14.1. The van der Waals surface area contributed by atoms with Gasteiger partial charge in [-0.2, -0.15) is 0 Å². The Kier molecular flexibility index (Phi) is 6.14. The van der Waals surface area contributed by atoms with Crippen LogP contribution in [0.1, 0.15) is 107 Å². The molecule has 0 bridgehead atoms. The molecular weight excluding hydrogens is 491 g/mol. The maximum absolute atomic E-state index is 12.7. The highest BCUT2D eigenvalue weighted by Gasteiger charge is 2.66. The lowest BCUT2D eigenvalue weighted by atomic mass is 9.40. The first-order valence-corrected chi connectivity index (χ1v) is 14.3. The summed E-state index contributed by atoms with van der Waals surface area (Å²) in [6.07, 6.45) is 12.7. The predicted molar refractivity (Wildman–Crippen MR) is 140 cm³/mol. The van der Waals surface area contributed by atoms with Gasteiger partial charge in [0.05, 0.1) is 0 Å². The molecule has 176 valence electrons. The molecule has 3 fully saturated rings. The summed E-state index contributed by atoms with van der Waals surface area (Å²) in [6.45, 7) is 19.6. The smallest absolute Gasteiger partial charge is 0.135 e. The van der Waals surface area contributed by atoms with Gasteiger partial charge >= 0.3 is 0 Å². The van der Waals surface area contributed by atoms with E-state index in [0.717, 1.165) is 17.8 Å². The molecule has 4 rings (SSSR count). The maximum Gasteiger partial charge on any atom is 0.135 e. The number of Topliss-reactive ketones (excluding diaryl/α,β-unsaturated/α-hetero) is 1. The lowest BCUT2D eigenvalue weighted by Gasteiger charge is -2.68. The van der Waals surface area contributed by atoms with Gasteiger partial charge in [0.15, 0.2) is 0 Å². The molecular formula is C29H47IO. The van der Waals surface area contributed by atoms with Crippen molar-refractivity contribution in [3.63, 3.8) is 0 Å². The topological polar surface area (TPSA) is 17.1 Å². The molecule has 31 heavy (non-hydrogen) atoms. The van der Waals surface area contributed by atoms with E-state index in [1.54, 1.807) is 0 Å². The Hall–Kier alpha value is 0.140. The van der Waals surface area contributed by atoms with Crippen molar-refractivity contribution >= 4 is 28.4 Å². The van der Waals surface area contributed by atoms with E-state index >= 15 is 0 Å². The Morgan fingerprint density at radius 3 is 2.42 bits per heavy atom. The van der Waals surface area contributed by atoms with Gasteiger partial charge in [-0.1, -0.05) is 89.6 Å². The normalized spacial score (nSPS) is 49.8. The SMILES string of the molecule is CCC(=O)[C@H](C)C1CC[C@]2(C)C(CC=C3C4[C@@H](C)[C@H](C)CC[C@]4(C)CC[C@]32I)C1(C)C. The van der Waals surface area contributed by atoms with Crippen molar-refractivity contribution in [2.45, 2.75) is 110 Å². The monoisotopic (exact) mass is 538 g/mol. The molecule has 0 radical (unpaired) electrons. The highest BCUT2D eigenvalue weighted by Crippen LogP contribution is 2.72. The molecule has 0 spiro atoms. The third kappa shape index (κ3) is 3.29. The number of fused-ring (bicyclic) bond motifs is 5. The van der Waals surface area contributed by atoms with Gasteiger partial charge in [0.2, 0.25) is 0 Å². The van der Waals surface area contributed by atoms with Crippen molar-refractivity contribution in [3.05, 3.63) is 11.6 Å². The van der Waals surface area contributed by atoms with Gasteiger partial charge in [0.25, 0.3) is 0 Å². The molecule has 0 aromatic heterocycles. The Morgan fingerprint density at radius 1 is 1.10 bits per heavy atom. The van der Waals surface area contributed by atoms with Crippen LogP contribution in [0.15, 0.2) is 11.6 Å². The van der Waals surface area contributed by atoms with E-state index in [4.69, 9.17) is 0 Å². The zero-order chi connectivity index (χ0) is 23.0. The number of hydrogen-bond donors (Lipinski definition) is 0. The third-order valence-electron chi connectivity index (χ3n) is 11.7. The first-order valence-electron chi connectivity index (χ1n) is 13.3. The third-order valence-corrected chi connectivity index (χ3v) is 14.1. The fourth-order valence-electron chi connectivity index (χ4n) is 9.44. The molecule has 3 unspecified atom stereocenters. The number of carbonyl (C=O) groups excluding carboxylic acids is 1. The average Bonchev–Trinajstić information content (AvgIpc) is 2.71. The predicted octanol–water partition coefficient (Wildman–Crippen LogP) is 8.65. The quantitative estimate of drug-likeness (QED) is 0.200. The summed E-state index contributed by atoms with van der Waals surface area (Å²) < 4.78 is 0.295. The van der Waals surface area contributed by atoms with Gasteiger partial charge in [-0.25, -0.2) is 0 Å². The Bertz CT molecular complexity index is 767. The van der Waals surface area contributed by atoms with Crippen molar-refractivity contribution in [2.24, 2.45) is 51.8 Å². The first kappa shape index (κ1) is 24.3. The van der Waals surface area contributed by atoms with Crippen molar-refractivity contribution in [3.8, 4) is 0 Å². The molecule has 0 aromatic rings. The number of ketones is 1. The van der Waals surface area contributed by atoms with E-state index < -0.39 is 0 Å². The molecule has 1 nitrogen and oxygen atoms in total. The van der Waals surface area contributed by atoms with Crippen LogP contribution in [0.4, 0.5) is 0 Å². The molecule has 0 amide bonds. The molecule has 0 aromatic carbocycles. The molecule has 0 aliphatic heterocycles. The van der Waals surface area contributed by atoms with Crippen molar-refractivity contribution in [2.75, 3.05) is 0 Å². The minimum absolute atomic E-state index is 0.203. The van der Waals surface area contributed by atoms with Gasteiger partial charge < -0.3 is 0 Å². The van der Waals surface area contributed by atoms with E-state index in [0.29, 0.717) is 38.3 Å². The van der Waals surface area contributed by atoms with E-state index in [-0.39, 0.29) is 11.3 Å². The second-order valence-electron chi connectivity index (χ2n) is 13.2. The van der Waals surface area contributed by atoms with Gasteiger partial charge in [-0.3, -0.25) is 4.79 Å². The van der Waals surface area contributed by atoms with Crippen LogP contribution in [-0.4, -0.2) is 9.20 Å². The first-order chi connectivity index (χ1) is 14.3. The Labute approximate surface area is 206 Å². The molecule has 4 aliphatic carbocycles. The van der Waals surface area contributed by atoms with Crippen LogP contribution >= 0.6 is 22.6 Å². The zero-order valence-corrected chi connectivity index (χ0v) is 23.6. The Morgan fingerprint density at radius 2 is 1.77 bits per heavy atom. The van der Waals surface area contributed by atoms with E-state index in [1.807, 2.05) is 12.5 Å².